The van der Waals surface area contributed by atoms with Gasteiger partial charge in [-0.25, -0.2) is 4.99 Å². The molecule has 0 bridgehead atoms. The molecule has 4 rings (SSSR count). The van der Waals surface area contributed by atoms with Gasteiger partial charge in [0.25, 0.3) is 0 Å². The van der Waals surface area contributed by atoms with Crippen molar-refractivity contribution < 1.29 is 18.3 Å². The van der Waals surface area contributed by atoms with Crippen LogP contribution < -0.4 is 0 Å². The van der Waals surface area contributed by atoms with Crippen LogP contribution in [-0.4, -0.2) is 15.2 Å². The van der Waals surface area contributed by atoms with Gasteiger partial charge in [0.1, 0.15) is 5.75 Å². The van der Waals surface area contributed by atoms with E-state index >= 15 is 0 Å². The third kappa shape index (κ3) is 7.33. The Hall–Kier alpha value is -3.42. The molecular formula is C30H26ClF3N2OS. The van der Waals surface area contributed by atoms with E-state index in [4.69, 9.17) is 16.6 Å². The Labute approximate surface area is 229 Å². The molecular weight excluding hydrogens is 529 g/mol. The molecule has 0 aliphatic carbocycles. The molecule has 0 unspecified atom stereocenters. The minimum Gasteiger partial charge on any atom is -0.508 e. The summed E-state index contributed by atoms with van der Waals surface area (Å²) in [4.78, 5) is 7.71. The second-order valence-corrected chi connectivity index (χ2v) is 10.4. The maximum Gasteiger partial charge on any atom is 0.417 e. The number of thioether (sulfide) groups is 1. The number of alkyl halides is 3. The van der Waals surface area contributed by atoms with E-state index in [1.54, 1.807) is 12.1 Å². The van der Waals surface area contributed by atoms with Gasteiger partial charge in [0.15, 0.2) is 5.17 Å². The van der Waals surface area contributed by atoms with E-state index in [2.05, 4.69) is 6.07 Å². The first kappa shape index (κ1) is 27.6. The molecule has 0 atom stereocenters. The lowest BCUT2D eigenvalue weighted by Crippen LogP contribution is -2.28. The normalized spacial score (nSPS) is 12.0. The summed E-state index contributed by atoms with van der Waals surface area (Å²) in [6.45, 7) is 4.90. The van der Waals surface area contributed by atoms with E-state index in [9.17, 15) is 18.3 Å². The fourth-order valence-electron chi connectivity index (χ4n) is 3.90. The van der Waals surface area contributed by atoms with Crippen LogP contribution in [0.2, 0.25) is 5.02 Å². The molecule has 0 aliphatic rings. The van der Waals surface area contributed by atoms with Crippen molar-refractivity contribution in [2.24, 2.45) is 4.99 Å². The smallest absolute Gasteiger partial charge is 0.417 e. The molecule has 3 nitrogen and oxygen atoms in total. The number of rotatable bonds is 6. The highest BCUT2D eigenvalue weighted by molar-refractivity contribution is 8.13. The number of hydrogen-bond acceptors (Lipinski definition) is 3. The number of aromatic hydroxyl groups is 1. The predicted octanol–water partition coefficient (Wildman–Crippen LogP) is 9.16. The molecule has 0 radical (unpaired) electrons. The molecule has 0 aliphatic heterocycles. The SMILES string of the molecule is Cc1ccc(SC(=Nc2ccc(Cl)c(C(F)(F)F)c2)N(Cc2ccccc2)Cc2ccc(O)cc2)c(C)c1. The van der Waals surface area contributed by atoms with Crippen LogP contribution in [-0.2, 0) is 19.3 Å². The highest BCUT2D eigenvalue weighted by atomic mass is 35.5. The van der Waals surface area contributed by atoms with Gasteiger partial charge in [-0.3, -0.25) is 0 Å². The predicted molar refractivity (Wildman–Crippen MR) is 149 cm³/mol. The van der Waals surface area contributed by atoms with Gasteiger partial charge >= 0.3 is 6.18 Å². The van der Waals surface area contributed by atoms with Gasteiger partial charge in [-0.1, -0.05) is 83.5 Å². The molecule has 4 aromatic carbocycles. The summed E-state index contributed by atoms with van der Waals surface area (Å²) in [5, 5.41) is 9.91. The number of phenolic OH excluding ortho intramolecular Hbond substituents is 1. The van der Waals surface area contributed by atoms with Gasteiger partial charge in [0.05, 0.1) is 16.3 Å². The summed E-state index contributed by atoms with van der Waals surface area (Å²) in [5.41, 5.74) is 3.32. The molecule has 38 heavy (non-hydrogen) atoms. The van der Waals surface area contributed by atoms with E-state index in [0.717, 1.165) is 33.2 Å². The number of phenols is 1. The number of benzene rings is 4. The zero-order valence-electron chi connectivity index (χ0n) is 20.8. The maximum atomic E-state index is 13.6. The molecule has 0 heterocycles. The quantitative estimate of drug-likeness (QED) is 0.147. The monoisotopic (exact) mass is 554 g/mol. The van der Waals surface area contributed by atoms with Crippen molar-refractivity contribution in [3.63, 3.8) is 0 Å². The molecule has 0 spiro atoms. The second kappa shape index (κ2) is 12.0. The van der Waals surface area contributed by atoms with Crippen LogP contribution in [0, 0.1) is 13.8 Å². The average Bonchev–Trinajstić information content (AvgIpc) is 2.87. The Morgan fingerprint density at radius 1 is 0.868 bits per heavy atom. The lowest BCUT2D eigenvalue weighted by molar-refractivity contribution is -0.137. The second-order valence-electron chi connectivity index (χ2n) is 8.94. The van der Waals surface area contributed by atoms with Crippen LogP contribution in [0.1, 0.15) is 27.8 Å². The van der Waals surface area contributed by atoms with Crippen molar-refractivity contribution in [2.45, 2.75) is 38.0 Å². The third-order valence-corrected chi connectivity index (χ3v) is 7.35. The van der Waals surface area contributed by atoms with Gasteiger partial charge < -0.3 is 10.0 Å². The van der Waals surface area contributed by atoms with E-state index in [0.29, 0.717) is 18.3 Å². The number of halogens is 4. The average molecular weight is 555 g/mol. The Kier molecular flexibility index (Phi) is 8.69. The fourth-order valence-corrected chi connectivity index (χ4v) is 5.08. The minimum atomic E-state index is -4.60. The lowest BCUT2D eigenvalue weighted by Gasteiger charge is -2.27. The lowest BCUT2D eigenvalue weighted by atomic mass is 10.1. The summed E-state index contributed by atoms with van der Waals surface area (Å²) in [6, 6.07) is 26.4. The zero-order chi connectivity index (χ0) is 27.3. The molecule has 0 saturated carbocycles. The molecule has 1 N–H and O–H groups in total. The van der Waals surface area contributed by atoms with Crippen molar-refractivity contribution in [1.82, 2.24) is 4.90 Å². The minimum absolute atomic E-state index is 0.151. The number of aryl methyl sites for hydroxylation is 2. The summed E-state index contributed by atoms with van der Waals surface area (Å²) in [6.07, 6.45) is -4.60. The number of hydrogen-bond donors (Lipinski definition) is 1. The van der Waals surface area contributed by atoms with Crippen molar-refractivity contribution >= 4 is 34.2 Å². The molecule has 0 fully saturated rings. The van der Waals surface area contributed by atoms with Crippen LogP contribution in [0.25, 0.3) is 0 Å². The molecule has 0 saturated heterocycles. The molecule has 196 valence electrons. The fraction of sp³-hybridized carbons (Fsp3) is 0.167. The molecule has 0 aromatic heterocycles. The van der Waals surface area contributed by atoms with Crippen LogP contribution in [0.3, 0.4) is 0 Å². The molecule has 4 aromatic rings. The van der Waals surface area contributed by atoms with Crippen LogP contribution in [0.5, 0.6) is 5.75 Å². The topological polar surface area (TPSA) is 35.8 Å². The Balaban J connectivity index is 1.82. The van der Waals surface area contributed by atoms with Crippen LogP contribution >= 0.6 is 23.4 Å². The van der Waals surface area contributed by atoms with Crippen molar-refractivity contribution in [3.05, 3.63) is 124 Å². The first-order valence-electron chi connectivity index (χ1n) is 11.9. The van der Waals surface area contributed by atoms with Crippen molar-refractivity contribution in [1.29, 1.82) is 0 Å². The highest BCUT2D eigenvalue weighted by Gasteiger charge is 2.33. The van der Waals surface area contributed by atoms with E-state index in [1.807, 2.05) is 73.3 Å². The Morgan fingerprint density at radius 2 is 1.53 bits per heavy atom. The number of amidine groups is 1. The van der Waals surface area contributed by atoms with E-state index in [-0.39, 0.29) is 16.5 Å². The Bertz CT molecular complexity index is 1420. The first-order chi connectivity index (χ1) is 18.1. The van der Waals surface area contributed by atoms with E-state index < -0.39 is 11.7 Å². The molecule has 8 heteroatoms. The number of nitrogens with zero attached hydrogens (tertiary/aromatic N) is 2. The maximum absolute atomic E-state index is 13.6. The summed E-state index contributed by atoms with van der Waals surface area (Å²) >= 11 is 7.27. The number of aliphatic imine (C=N–C) groups is 1. The van der Waals surface area contributed by atoms with Gasteiger partial charge in [-0.2, -0.15) is 13.2 Å². The largest absolute Gasteiger partial charge is 0.508 e. The third-order valence-electron chi connectivity index (χ3n) is 5.81. The van der Waals surface area contributed by atoms with Gasteiger partial charge in [-0.15, -0.1) is 0 Å². The van der Waals surface area contributed by atoms with Crippen LogP contribution in [0.4, 0.5) is 18.9 Å². The zero-order valence-corrected chi connectivity index (χ0v) is 22.4. The summed E-state index contributed by atoms with van der Waals surface area (Å²) < 4.78 is 40.8. The summed E-state index contributed by atoms with van der Waals surface area (Å²) in [5.74, 6) is 0.155. The van der Waals surface area contributed by atoms with Crippen LogP contribution in [0.15, 0.2) is 101 Å². The van der Waals surface area contributed by atoms with Gasteiger partial charge in [-0.05, 0) is 66.9 Å². The van der Waals surface area contributed by atoms with Crippen molar-refractivity contribution in [3.8, 4) is 5.75 Å². The highest BCUT2D eigenvalue weighted by Crippen LogP contribution is 2.38. The molecule has 0 amide bonds. The Morgan fingerprint density at radius 3 is 2.16 bits per heavy atom. The van der Waals surface area contributed by atoms with Gasteiger partial charge in [0.2, 0.25) is 0 Å². The van der Waals surface area contributed by atoms with Gasteiger partial charge in [0, 0.05) is 18.0 Å². The standard InChI is InChI=1S/C30H26ClF3N2OS/c1-20-8-15-28(21(2)16-20)38-29(35-24-11-14-27(31)26(17-24)30(32,33)34)36(18-22-6-4-3-5-7-22)19-23-9-12-25(37)13-10-23/h3-17,37H,18-19H2,1-2H3. The van der Waals surface area contributed by atoms with E-state index in [1.165, 1.54) is 23.9 Å². The first-order valence-corrected chi connectivity index (χ1v) is 13.1. The van der Waals surface area contributed by atoms with Crippen molar-refractivity contribution in [2.75, 3.05) is 0 Å². The summed E-state index contributed by atoms with van der Waals surface area (Å²) in [7, 11) is 0.